The summed E-state index contributed by atoms with van der Waals surface area (Å²) in [6, 6.07) is 19.2. The van der Waals surface area contributed by atoms with Gasteiger partial charge in [0.2, 0.25) is 15.9 Å². The second-order valence-corrected chi connectivity index (χ2v) is 9.85. The van der Waals surface area contributed by atoms with Crippen molar-refractivity contribution in [2.24, 2.45) is 0 Å². The first-order chi connectivity index (χ1) is 16.3. The first-order valence-electron chi connectivity index (χ1n) is 11.4. The van der Waals surface area contributed by atoms with Gasteiger partial charge in [0.15, 0.2) is 0 Å². The fraction of sp³-hybridized carbons (Fsp3) is 0.296. The largest absolute Gasteiger partial charge is 0.495 e. The summed E-state index contributed by atoms with van der Waals surface area (Å²) in [5.41, 5.74) is 4.39. The van der Waals surface area contributed by atoms with Gasteiger partial charge >= 0.3 is 0 Å². The maximum absolute atomic E-state index is 13.5. The summed E-state index contributed by atoms with van der Waals surface area (Å²) in [5.74, 6) is -0.184. The molecule has 0 saturated heterocycles. The zero-order valence-electron chi connectivity index (χ0n) is 20.1. The van der Waals surface area contributed by atoms with Gasteiger partial charge in [-0.15, -0.1) is 0 Å². The highest BCUT2D eigenvalue weighted by Gasteiger charge is 2.29. The van der Waals surface area contributed by atoms with Crippen LogP contribution in [0.15, 0.2) is 71.6 Å². The van der Waals surface area contributed by atoms with E-state index in [2.05, 4.69) is 10.0 Å². The molecule has 0 fully saturated rings. The minimum Gasteiger partial charge on any atom is -0.495 e. The molecule has 0 aliphatic heterocycles. The Morgan fingerprint density at radius 3 is 2.18 bits per heavy atom. The van der Waals surface area contributed by atoms with Crippen molar-refractivity contribution in [1.29, 1.82) is 0 Å². The van der Waals surface area contributed by atoms with Gasteiger partial charge in [0, 0.05) is 5.69 Å². The van der Waals surface area contributed by atoms with Gasteiger partial charge in [-0.3, -0.25) is 4.79 Å². The van der Waals surface area contributed by atoms with Crippen LogP contribution >= 0.6 is 0 Å². The topological polar surface area (TPSA) is 84.5 Å². The molecule has 3 aromatic rings. The molecular formula is C27H32N2O4S. The third kappa shape index (κ3) is 6.04. The number of hydrogen-bond acceptors (Lipinski definition) is 4. The molecule has 180 valence electrons. The summed E-state index contributed by atoms with van der Waals surface area (Å²) in [4.78, 5) is 13.5. The van der Waals surface area contributed by atoms with E-state index < -0.39 is 22.0 Å². The van der Waals surface area contributed by atoms with Crippen LogP contribution in [0.4, 0.5) is 5.69 Å². The van der Waals surface area contributed by atoms with Gasteiger partial charge in [0.25, 0.3) is 0 Å². The van der Waals surface area contributed by atoms with Crippen LogP contribution in [0.5, 0.6) is 5.75 Å². The summed E-state index contributed by atoms with van der Waals surface area (Å²) in [6.07, 6.45) is 1.70. The normalized spacial score (nSPS) is 12.2. The lowest BCUT2D eigenvalue weighted by Crippen LogP contribution is -2.45. The summed E-state index contributed by atoms with van der Waals surface area (Å²) in [6.45, 7) is 5.86. The molecule has 1 amide bonds. The summed E-state index contributed by atoms with van der Waals surface area (Å²) >= 11 is 0. The Hall–Kier alpha value is -3.16. The SMILES string of the molecule is CCc1cccc(CC)c1NC(=O)[C@H](Cc1ccccc1)NS(=O)(=O)c1cc(C)ccc1OC. The molecule has 0 bridgehead atoms. The third-order valence-electron chi connectivity index (χ3n) is 5.75. The Balaban J connectivity index is 1.98. The van der Waals surface area contributed by atoms with Gasteiger partial charge in [0.05, 0.1) is 7.11 Å². The van der Waals surface area contributed by atoms with Gasteiger partial charge in [-0.1, -0.05) is 68.4 Å². The fourth-order valence-corrected chi connectivity index (χ4v) is 5.34. The maximum atomic E-state index is 13.5. The molecule has 0 heterocycles. The van der Waals surface area contributed by atoms with E-state index in [1.165, 1.54) is 7.11 Å². The number of carbonyl (C=O) groups excluding carboxylic acids is 1. The number of benzene rings is 3. The Morgan fingerprint density at radius 2 is 1.59 bits per heavy atom. The Labute approximate surface area is 202 Å². The van der Waals surface area contributed by atoms with E-state index in [1.807, 2.05) is 62.4 Å². The molecular weight excluding hydrogens is 448 g/mol. The maximum Gasteiger partial charge on any atom is 0.245 e. The highest BCUT2D eigenvalue weighted by atomic mass is 32.2. The van der Waals surface area contributed by atoms with Gasteiger partial charge in [-0.2, -0.15) is 4.72 Å². The van der Waals surface area contributed by atoms with Crippen molar-refractivity contribution < 1.29 is 17.9 Å². The minimum absolute atomic E-state index is 0.00377. The van der Waals surface area contributed by atoms with Gasteiger partial charge < -0.3 is 10.1 Å². The van der Waals surface area contributed by atoms with E-state index in [1.54, 1.807) is 25.1 Å². The molecule has 0 saturated carbocycles. The standard InChI is InChI=1S/C27H32N2O4S/c1-5-21-13-10-14-22(6-2)26(21)28-27(30)23(18-20-11-8-7-9-12-20)29-34(31,32)25-17-19(3)15-16-24(25)33-4/h7-17,23,29H,5-6,18H2,1-4H3,(H,28,30)/t23-/m0/s1. The van der Waals surface area contributed by atoms with Crippen LogP contribution in [0.2, 0.25) is 0 Å². The van der Waals surface area contributed by atoms with Crippen molar-refractivity contribution in [3.63, 3.8) is 0 Å². The van der Waals surface area contributed by atoms with Crippen LogP contribution in [0.3, 0.4) is 0 Å². The van der Waals surface area contributed by atoms with Crippen molar-refractivity contribution in [1.82, 2.24) is 4.72 Å². The van der Waals surface area contributed by atoms with Crippen LogP contribution in [-0.4, -0.2) is 27.5 Å². The zero-order valence-corrected chi connectivity index (χ0v) is 20.9. The second kappa shape index (κ2) is 11.3. The molecule has 1 atom stereocenters. The summed E-state index contributed by atoms with van der Waals surface area (Å²) in [5, 5.41) is 3.02. The van der Waals surface area contributed by atoms with Crippen molar-refractivity contribution >= 4 is 21.6 Å². The smallest absolute Gasteiger partial charge is 0.245 e. The number of aryl methyl sites for hydroxylation is 3. The molecule has 6 nitrogen and oxygen atoms in total. The lowest BCUT2D eigenvalue weighted by atomic mass is 10.0. The number of methoxy groups -OCH3 is 1. The summed E-state index contributed by atoms with van der Waals surface area (Å²) in [7, 11) is -2.63. The molecule has 2 N–H and O–H groups in total. The minimum atomic E-state index is -4.05. The molecule has 0 spiro atoms. The lowest BCUT2D eigenvalue weighted by Gasteiger charge is -2.22. The highest BCUT2D eigenvalue weighted by molar-refractivity contribution is 7.89. The van der Waals surface area contributed by atoms with Crippen LogP contribution < -0.4 is 14.8 Å². The number of hydrogen-bond donors (Lipinski definition) is 2. The number of sulfonamides is 1. The van der Waals surface area contributed by atoms with Crippen LogP contribution in [-0.2, 0) is 34.1 Å². The average molecular weight is 481 g/mol. The Bertz CT molecular complexity index is 1220. The number of rotatable bonds is 10. The fourth-order valence-electron chi connectivity index (χ4n) is 3.90. The zero-order chi connectivity index (χ0) is 24.7. The molecule has 0 aliphatic rings. The molecule has 7 heteroatoms. The van der Waals surface area contributed by atoms with Crippen LogP contribution in [0, 0.1) is 6.92 Å². The lowest BCUT2D eigenvalue weighted by molar-refractivity contribution is -0.117. The first kappa shape index (κ1) is 25.5. The first-order valence-corrected chi connectivity index (χ1v) is 12.9. The van der Waals surface area contributed by atoms with E-state index in [0.29, 0.717) is 0 Å². The van der Waals surface area contributed by atoms with Gasteiger partial charge in [-0.25, -0.2) is 8.42 Å². The van der Waals surface area contributed by atoms with Crippen molar-refractivity contribution in [3.8, 4) is 5.75 Å². The van der Waals surface area contributed by atoms with E-state index in [-0.39, 0.29) is 17.1 Å². The van der Waals surface area contributed by atoms with Crippen LogP contribution in [0.1, 0.15) is 36.1 Å². The van der Waals surface area contributed by atoms with E-state index in [0.717, 1.165) is 40.8 Å². The molecule has 3 rings (SSSR count). The molecule has 0 radical (unpaired) electrons. The Kier molecular flexibility index (Phi) is 8.47. The highest BCUT2D eigenvalue weighted by Crippen LogP contribution is 2.26. The molecule has 3 aromatic carbocycles. The number of ether oxygens (including phenoxy) is 1. The molecule has 0 unspecified atom stereocenters. The van der Waals surface area contributed by atoms with Crippen molar-refractivity contribution in [2.45, 2.75) is 51.0 Å². The van der Waals surface area contributed by atoms with E-state index in [9.17, 15) is 13.2 Å². The average Bonchev–Trinajstić information content (AvgIpc) is 2.84. The predicted molar refractivity (Wildman–Crippen MR) is 136 cm³/mol. The van der Waals surface area contributed by atoms with E-state index >= 15 is 0 Å². The number of nitrogens with one attached hydrogen (secondary N) is 2. The van der Waals surface area contributed by atoms with Crippen molar-refractivity contribution in [2.75, 3.05) is 12.4 Å². The summed E-state index contributed by atoms with van der Waals surface area (Å²) < 4.78 is 34.7. The number of anilines is 1. The number of amides is 1. The second-order valence-electron chi connectivity index (χ2n) is 8.17. The predicted octanol–water partition coefficient (Wildman–Crippen LogP) is 4.66. The third-order valence-corrected chi connectivity index (χ3v) is 7.25. The number of carbonyl (C=O) groups is 1. The molecule has 0 aliphatic carbocycles. The van der Waals surface area contributed by atoms with Gasteiger partial charge in [-0.05, 0) is 60.6 Å². The van der Waals surface area contributed by atoms with Crippen LogP contribution in [0.25, 0.3) is 0 Å². The molecule has 0 aromatic heterocycles. The van der Waals surface area contributed by atoms with Gasteiger partial charge in [0.1, 0.15) is 16.7 Å². The number of para-hydroxylation sites is 1. The van der Waals surface area contributed by atoms with E-state index in [4.69, 9.17) is 4.74 Å². The Morgan fingerprint density at radius 1 is 0.941 bits per heavy atom. The quantitative estimate of drug-likeness (QED) is 0.442. The molecule has 34 heavy (non-hydrogen) atoms. The monoisotopic (exact) mass is 480 g/mol. The van der Waals surface area contributed by atoms with Crippen molar-refractivity contribution in [3.05, 3.63) is 89.0 Å².